The van der Waals surface area contributed by atoms with Crippen molar-refractivity contribution in [3.8, 4) is 17.6 Å². The summed E-state index contributed by atoms with van der Waals surface area (Å²) in [7, 11) is 0. The largest absolute Gasteiger partial charge is 0.454 e. The molecule has 0 atom stereocenters. The van der Waals surface area contributed by atoms with Crippen LogP contribution >= 0.6 is 15.9 Å². The fourth-order valence-corrected chi connectivity index (χ4v) is 1.78. The molecule has 2 aromatic carbocycles. The van der Waals surface area contributed by atoms with Crippen LogP contribution in [0.3, 0.4) is 0 Å². The fraction of sp³-hybridized carbons (Fsp3) is 0. The third-order valence-corrected chi connectivity index (χ3v) is 3.05. The second-order valence-electron chi connectivity index (χ2n) is 3.52. The number of halogens is 2. The number of nitrogen functional groups attached to an aromatic ring is 1. The van der Waals surface area contributed by atoms with Gasteiger partial charge in [-0.2, -0.15) is 5.26 Å². The van der Waals surface area contributed by atoms with E-state index in [0.717, 1.165) is 0 Å². The zero-order valence-electron chi connectivity index (χ0n) is 9.15. The smallest absolute Gasteiger partial charge is 0.181 e. The highest BCUT2D eigenvalue weighted by Crippen LogP contribution is 2.31. The maximum absolute atomic E-state index is 13.9. The zero-order chi connectivity index (χ0) is 13.1. The van der Waals surface area contributed by atoms with E-state index in [1.54, 1.807) is 24.3 Å². The molecule has 0 bridgehead atoms. The standard InChI is InChI=1S/C13H8BrFN2O/c14-12-8(7-16)1-6-11(13(12)15)18-10-4-2-9(17)3-5-10/h1-6H,17H2. The van der Waals surface area contributed by atoms with Crippen LogP contribution in [-0.2, 0) is 0 Å². The van der Waals surface area contributed by atoms with Gasteiger partial charge in [-0.25, -0.2) is 4.39 Å². The van der Waals surface area contributed by atoms with E-state index in [2.05, 4.69) is 15.9 Å². The minimum atomic E-state index is -0.606. The number of ether oxygens (including phenoxy) is 1. The molecule has 0 aliphatic heterocycles. The molecule has 2 aromatic rings. The number of hydrogen-bond donors (Lipinski definition) is 1. The van der Waals surface area contributed by atoms with Crippen molar-refractivity contribution in [1.82, 2.24) is 0 Å². The Morgan fingerprint density at radius 1 is 1.17 bits per heavy atom. The van der Waals surface area contributed by atoms with E-state index >= 15 is 0 Å². The second-order valence-corrected chi connectivity index (χ2v) is 4.32. The molecule has 0 fully saturated rings. The molecule has 0 spiro atoms. The molecule has 0 radical (unpaired) electrons. The third kappa shape index (κ3) is 2.44. The van der Waals surface area contributed by atoms with Crippen LogP contribution in [0.1, 0.15) is 5.56 Å². The number of nitriles is 1. The van der Waals surface area contributed by atoms with Crippen LogP contribution in [0.25, 0.3) is 0 Å². The second kappa shape index (κ2) is 5.07. The van der Waals surface area contributed by atoms with Crippen LogP contribution in [0.5, 0.6) is 11.5 Å². The van der Waals surface area contributed by atoms with Gasteiger partial charge < -0.3 is 10.5 Å². The van der Waals surface area contributed by atoms with Crippen molar-refractivity contribution in [2.75, 3.05) is 5.73 Å². The van der Waals surface area contributed by atoms with Crippen LogP contribution in [0.2, 0.25) is 0 Å². The van der Waals surface area contributed by atoms with Crippen molar-refractivity contribution in [3.05, 3.63) is 52.3 Å². The van der Waals surface area contributed by atoms with Gasteiger partial charge in [0.05, 0.1) is 10.0 Å². The molecular weight excluding hydrogens is 299 g/mol. The van der Waals surface area contributed by atoms with Crippen molar-refractivity contribution in [2.24, 2.45) is 0 Å². The summed E-state index contributed by atoms with van der Waals surface area (Å²) in [6, 6.07) is 11.4. The summed E-state index contributed by atoms with van der Waals surface area (Å²) >= 11 is 3.02. The molecule has 0 saturated heterocycles. The van der Waals surface area contributed by atoms with Crippen LogP contribution in [0.4, 0.5) is 10.1 Å². The number of nitrogens with zero attached hydrogens (tertiary/aromatic N) is 1. The van der Waals surface area contributed by atoms with Gasteiger partial charge in [-0.15, -0.1) is 0 Å². The Morgan fingerprint density at radius 3 is 2.44 bits per heavy atom. The lowest BCUT2D eigenvalue weighted by atomic mass is 10.2. The summed E-state index contributed by atoms with van der Waals surface area (Å²) in [4.78, 5) is 0. The average molecular weight is 307 g/mol. The predicted molar refractivity (Wildman–Crippen MR) is 69.7 cm³/mol. The van der Waals surface area contributed by atoms with E-state index in [0.29, 0.717) is 11.4 Å². The molecule has 0 aliphatic carbocycles. The van der Waals surface area contributed by atoms with Gasteiger partial charge in [0.15, 0.2) is 11.6 Å². The molecule has 18 heavy (non-hydrogen) atoms. The van der Waals surface area contributed by atoms with E-state index in [-0.39, 0.29) is 15.8 Å². The van der Waals surface area contributed by atoms with E-state index < -0.39 is 5.82 Å². The van der Waals surface area contributed by atoms with Crippen molar-refractivity contribution in [3.63, 3.8) is 0 Å². The average Bonchev–Trinajstić information content (AvgIpc) is 2.38. The number of anilines is 1. The number of nitrogens with two attached hydrogens (primary N) is 1. The van der Waals surface area contributed by atoms with Crippen LogP contribution in [-0.4, -0.2) is 0 Å². The molecule has 90 valence electrons. The van der Waals surface area contributed by atoms with Gasteiger partial charge in [-0.3, -0.25) is 0 Å². The number of benzene rings is 2. The zero-order valence-corrected chi connectivity index (χ0v) is 10.7. The Kier molecular flexibility index (Phi) is 3.49. The van der Waals surface area contributed by atoms with Gasteiger partial charge >= 0.3 is 0 Å². The lowest BCUT2D eigenvalue weighted by Crippen LogP contribution is -1.92. The lowest BCUT2D eigenvalue weighted by Gasteiger charge is -2.08. The molecule has 0 heterocycles. The lowest BCUT2D eigenvalue weighted by molar-refractivity contribution is 0.440. The summed E-state index contributed by atoms with van der Waals surface area (Å²) in [5.41, 5.74) is 6.36. The Bertz CT molecular complexity index is 620. The molecule has 5 heteroatoms. The van der Waals surface area contributed by atoms with Gasteiger partial charge in [-0.05, 0) is 52.3 Å². The van der Waals surface area contributed by atoms with Gasteiger partial charge in [0.1, 0.15) is 11.8 Å². The molecule has 2 N–H and O–H groups in total. The highest BCUT2D eigenvalue weighted by Gasteiger charge is 2.12. The monoisotopic (exact) mass is 306 g/mol. The predicted octanol–water partition coefficient (Wildman–Crippen LogP) is 3.83. The summed E-state index contributed by atoms with van der Waals surface area (Å²) in [5, 5.41) is 8.75. The molecule has 0 aromatic heterocycles. The Labute approximate surface area is 112 Å². The molecule has 2 rings (SSSR count). The van der Waals surface area contributed by atoms with E-state index in [1.165, 1.54) is 12.1 Å². The third-order valence-electron chi connectivity index (χ3n) is 2.28. The highest BCUT2D eigenvalue weighted by molar-refractivity contribution is 9.10. The van der Waals surface area contributed by atoms with Crippen LogP contribution in [0, 0.1) is 17.1 Å². The minimum absolute atomic E-state index is 0.0469. The van der Waals surface area contributed by atoms with Crippen molar-refractivity contribution in [2.45, 2.75) is 0 Å². The van der Waals surface area contributed by atoms with Crippen LogP contribution < -0.4 is 10.5 Å². The molecule has 0 unspecified atom stereocenters. The van der Waals surface area contributed by atoms with Gasteiger partial charge in [0, 0.05) is 5.69 Å². The molecule has 0 saturated carbocycles. The normalized spacial score (nSPS) is 9.83. The highest BCUT2D eigenvalue weighted by atomic mass is 79.9. The van der Waals surface area contributed by atoms with Gasteiger partial charge in [0.2, 0.25) is 0 Å². The first-order chi connectivity index (χ1) is 8.61. The Morgan fingerprint density at radius 2 is 1.83 bits per heavy atom. The first-order valence-corrected chi connectivity index (χ1v) is 5.82. The van der Waals surface area contributed by atoms with Crippen LogP contribution in [0.15, 0.2) is 40.9 Å². The summed E-state index contributed by atoms with van der Waals surface area (Å²) in [5.74, 6) is -0.0868. The van der Waals surface area contributed by atoms with Gasteiger partial charge in [0.25, 0.3) is 0 Å². The minimum Gasteiger partial charge on any atom is -0.454 e. The Balaban J connectivity index is 2.33. The number of hydrogen-bond acceptors (Lipinski definition) is 3. The maximum Gasteiger partial charge on any atom is 0.181 e. The topological polar surface area (TPSA) is 59.0 Å². The summed E-state index contributed by atoms with van der Waals surface area (Å²) in [6.45, 7) is 0. The first-order valence-electron chi connectivity index (χ1n) is 5.03. The molecular formula is C13H8BrFN2O. The maximum atomic E-state index is 13.9. The van der Waals surface area contributed by atoms with Crippen molar-refractivity contribution < 1.29 is 9.13 Å². The molecule has 3 nitrogen and oxygen atoms in total. The quantitative estimate of drug-likeness (QED) is 0.858. The molecule has 0 aliphatic rings. The first kappa shape index (κ1) is 12.4. The van der Waals surface area contributed by atoms with E-state index in [4.69, 9.17) is 15.7 Å². The van der Waals surface area contributed by atoms with Crippen molar-refractivity contribution in [1.29, 1.82) is 5.26 Å². The number of rotatable bonds is 2. The van der Waals surface area contributed by atoms with Crippen molar-refractivity contribution >= 4 is 21.6 Å². The summed E-state index contributed by atoms with van der Waals surface area (Å²) in [6.07, 6.45) is 0. The Hall–Kier alpha value is -2.06. The van der Waals surface area contributed by atoms with Gasteiger partial charge in [-0.1, -0.05) is 0 Å². The fourth-order valence-electron chi connectivity index (χ4n) is 1.36. The van der Waals surface area contributed by atoms with E-state index in [9.17, 15) is 4.39 Å². The molecule has 0 amide bonds. The van der Waals surface area contributed by atoms with E-state index in [1.807, 2.05) is 6.07 Å². The summed E-state index contributed by atoms with van der Waals surface area (Å²) < 4.78 is 19.3. The SMILES string of the molecule is N#Cc1ccc(Oc2ccc(N)cc2)c(F)c1Br.